The van der Waals surface area contributed by atoms with Gasteiger partial charge in [-0.2, -0.15) is 0 Å². The number of fused-ring (bicyclic) bond motifs is 1. The van der Waals surface area contributed by atoms with E-state index < -0.39 is 29.8 Å². The summed E-state index contributed by atoms with van der Waals surface area (Å²) in [5.41, 5.74) is 7.21. The van der Waals surface area contributed by atoms with Crippen molar-refractivity contribution in [3.05, 3.63) is 77.0 Å². The fraction of sp³-hybridized carbons (Fsp3) is 0.136. The zero-order valence-electron chi connectivity index (χ0n) is 16.0. The van der Waals surface area contributed by atoms with Gasteiger partial charge in [0.05, 0.1) is 17.5 Å². The summed E-state index contributed by atoms with van der Waals surface area (Å²) in [6.07, 6.45) is -0.581. The van der Waals surface area contributed by atoms with Gasteiger partial charge in [-0.3, -0.25) is 35.0 Å². The lowest BCUT2D eigenvalue weighted by molar-refractivity contribution is -0.137. The zero-order chi connectivity index (χ0) is 21.0. The first-order valence-electron chi connectivity index (χ1n) is 8.95. The first-order chi connectivity index (χ1) is 13.8. The molecule has 3 aromatic rings. The number of benzene rings is 2. The molecule has 2 aromatic carbocycles. The number of amides is 2. The van der Waals surface area contributed by atoms with Crippen molar-refractivity contribution in [3.63, 3.8) is 0 Å². The van der Waals surface area contributed by atoms with Crippen LogP contribution in [0.15, 0.2) is 54.6 Å². The molecule has 0 saturated heterocycles. The number of Topliss-reactive ketones (excluding diaryl/α,β-unsaturated/α-hetero) is 2. The average molecular weight is 389 g/mol. The van der Waals surface area contributed by atoms with Crippen molar-refractivity contribution in [2.75, 3.05) is 0 Å². The smallest absolute Gasteiger partial charge is 0.294 e. The first-order valence-corrected chi connectivity index (χ1v) is 8.95. The minimum Gasteiger partial charge on any atom is -0.294 e. The molecule has 0 aliphatic carbocycles. The van der Waals surface area contributed by atoms with E-state index in [1.807, 2.05) is 13.0 Å². The number of ketones is 2. The number of para-hydroxylation sites is 1. The SMILES string of the molecule is Cc1ccc(C(=O)CC(=O)C(=O)NNC(=O)c2cc(C)nc3ccccc23)cc1. The Balaban J connectivity index is 1.63. The molecule has 0 saturated carbocycles. The molecule has 0 spiro atoms. The van der Waals surface area contributed by atoms with E-state index in [0.29, 0.717) is 27.7 Å². The minimum atomic E-state index is -1.06. The first kappa shape index (κ1) is 19.9. The van der Waals surface area contributed by atoms with E-state index >= 15 is 0 Å². The summed E-state index contributed by atoms with van der Waals surface area (Å²) in [6.45, 7) is 3.63. The maximum atomic E-state index is 12.5. The Morgan fingerprint density at radius 1 is 0.897 bits per heavy atom. The second-order valence-corrected chi connectivity index (χ2v) is 6.63. The van der Waals surface area contributed by atoms with E-state index in [1.165, 1.54) is 0 Å². The van der Waals surface area contributed by atoms with Crippen LogP contribution in [0.1, 0.15) is 38.4 Å². The lowest BCUT2D eigenvalue weighted by Crippen LogP contribution is -2.45. The van der Waals surface area contributed by atoms with E-state index in [4.69, 9.17) is 0 Å². The maximum Gasteiger partial charge on any atom is 0.306 e. The topological polar surface area (TPSA) is 105 Å². The van der Waals surface area contributed by atoms with Crippen LogP contribution in [-0.4, -0.2) is 28.4 Å². The van der Waals surface area contributed by atoms with Gasteiger partial charge in [-0.05, 0) is 26.0 Å². The molecule has 1 aromatic heterocycles. The predicted octanol–water partition coefficient (Wildman–Crippen LogP) is 2.45. The Labute approximate surface area is 167 Å². The van der Waals surface area contributed by atoms with Gasteiger partial charge >= 0.3 is 5.91 Å². The minimum absolute atomic E-state index is 0.316. The molecule has 0 aliphatic heterocycles. The monoisotopic (exact) mass is 389 g/mol. The van der Waals surface area contributed by atoms with Crippen molar-refractivity contribution in [1.29, 1.82) is 0 Å². The highest BCUT2D eigenvalue weighted by Gasteiger charge is 2.20. The molecule has 29 heavy (non-hydrogen) atoms. The molecule has 0 fully saturated rings. The summed E-state index contributed by atoms with van der Waals surface area (Å²) in [7, 11) is 0. The predicted molar refractivity (Wildman–Crippen MR) is 107 cm³/mol. The molecule has 0 radical (unpaired) electrons. The Morgan fingerprint density at radius 2 is 1.59 bits per heavy atom. The van der Waals surface area contributed by atoms with E-state index in [0.717, 1.165) is 5.56 Å². The van der Waals surface area contributed by atoms with Gasteiger partial charge in [0.15, 0.2) is 5.78 Å². The average Bonchev–Trinajstić information content (AvgIpc) is 2.71. The van der Waals surface area contributed by atoms with Crippen molar-refractivity contribution in [3.8, 4) is 0 Å². The van der Waals surface area contributed by atoms with Crippen molar-refractivity contribution in [1.82, 2.24) is 15.8 Å². The Hall–Kier alpha value is -3.87. The Bertz CT molecular complexity index is 1120. The highest BCUT2D eigenvalue weighted by molar-refractivity contribution is 6.40. The molecule has 7 heteroatoms. The number of hydrogen-bond acceptors (Lipinski definition) is 5. The van der Waals surface area contributed by atoms with E-state index in [1.54, 1.807) is 55.5 Å². The number of hydrogen-bond donors (Lipinski definition) is 2. The second-order valence-electron chi connectivity index (χ2n) is 6.63. The molecule has 3 rings (SSSR count). The quantitative estimate of drug-likeness (QED) is 0.302. The van der Waals surface area contributed by atoms with Crippen molar-refractivity contribution in [2.45, 2.75) is 20.3 Å². The van der Waals surface area contributed by atoms with Crippen LogP contribution in [-0.2, 0) is 9.59 Å². The third-order valence-electron chi connectivity index (χ3n) is 4.33. The van der Waals surface area contributed by atoms with Crippen molar-refractivity contribution in [2.24, 2.45) is 0 Å². The van der Waals surface area contributed by atoms with Crippen LogP contribution in [0.4, 0.5) is 0 Å². The molecule has 2 amide bonds. The van der Waals surface area contributed by atoms with Crippen LogP contribution in [0.5, 0.6) is 0 Å². The van der Waals surface area contributed by atoms with Gasteiger partial charge in [0.2, 0.25) is 5.78 Å². The fourth-order valence-corrected chi connectivity index (χ4v) is 2.81. The van der Waals surface area contributed by atoms with Gasteiger partial charge in [0, 0.05) is 16.6 Å². The van der Waals surface area contributed by atoms with E-state index in [-0.39, 0.29) is 0 Å². The van der Waals surface area contributed by atoms with Crippen molar-refractivity contribution >= 4 is 34.3 Å². The van der Waals surface area contributed by atoms with Crippen LogP contribution in [0, 0.1) is 13.8 Å². The van der Waals surface area contributed by atoms with Crippen LogP contribution in [0.2, 0.25) is 0 Å². The van der Waals surface area contributed by atoms with Gasteiger partial charge in [-0.25, -0.2) is 0 Å². The van der Waals surface area contributed by atoms with Gasteiger partial charge < -0.3 is 0 Å². The summed E-state index contributed by atoms with van der Waals surface area (Å²) < 4.78 is 0. The van der Waals surface area contributed by atoms with E-state index in [2.05, 4.69) is 15.8 Å². The molecule has 146 valence electrons. The number of hydrazine groups is 1. The van der Waals surface area contributed by atoms with Crippen LogP contribution in [0.3, 0.4) is 0 Å². The summed E-state index contributed by atoms with van der Waals surface area (Å²) in [5.74, 6) is -3.05. The van der Waals surface area contributed by atoms with Crippen molar-refractivity contribution < 1.29 is 19.2 Å². The third kappa shape index (κ3) is 4.70. The molecule has 2 N–H and O–H groups in total. The van der Waals surface area contributed by atoms with Gasteiger partial charge in [0.1, 0.15) is 0 Å². The molecule has 7 nitrogen and oxygen atoms in total. The molecule has 0 unspecified atom stereocenters. The Kier molecular flexibility index (Phi) is 5.78. The largest absolute Gasteiger partial charge is 0.306 e. The maximum absolute atomic E-state index is 12.5. The zero-order valence-corrected chi connectivity index (χ0v) is 16.0. The lowest BCUT2D eigenvalue weighted by atomic mass is 10.0. The van der Waals surface area contributed by atoms with Crippen LogP contribution in [0.25, 0.3) is 10.9 Å². The number of nitrogens with zero attached hydrogens (tertiary/aromatic N) is 1. The summed E-state index contributed by atoms with van der Waals surface area (Å²) in [6, 6.07) is 15.4. The molecule has 1 heterocycles. The molecule has 0 aliphatic rings. The Morgan fingerprint density at radius 3 is 2.31 bits per heavy atom. The number of carbonyl (C=O) groups excluding carboxylic acids is 4. The highest BCUT2D eigenvalue weighted by atomic mass is 16.2. The standard InChI is InChI=1S/C22H19N3O4/c1-13-7-9-15(10-8-13)19(26)12-20(27)22(29)25-24-21(28)17-11-14(2)23-18-6-4-3-5-16(17)18/h3-11H,12H2,1-2H3,(H,24,28)(H,25,29). The molecule has 0 bridgehead atoms. The normalized spacial score (nSPS) is 10.4. The summed E-state index contributed by atoms with van der Waals surface area (Å²) in [5, 5.41) is 0.616. The summed E-state index contributed by atoms with van der Waals surface area (Å²) >= 11 is 0. The summed E-state index contributed by atoms with van der Waals surface area (Å²) in [4.78, 5) is 53.0. The number of rotatable bonds is 5. The number of nitrogens with one attached hydrogen (secondary N) is 2. The second kappa shape index (κ2) is 8.43. The third-order valence-corrected chi connectivity index (χ3v) is 4.33. The lowest BCUT2D eigenvalue weighted by Gasteiger charge is -2.09. The molecular weight excluding hydrogens is 370 g/mol. The van der Waals surface area contributed by atoms with Gasteiger partial charge in [-0.1, -0.05) is 48.0 Å². The van der Waals surface area contributed by atoms with Crippen LogP contribution < -0.4 is 10.9 Å². The number of aromatic nitrogens is 1. The van der Waals surface area contributed by atoms with E-state index in [9.17, 15) is 19.2 Å². The van der Waals surface area contributed by atoms with Gasteiger partial charge in [0.25, 0.3) is 5.91 Å². The highest BCUT2D eigenvalue weighted by Crippen LogP contribution is 2.17. The number of carbonyl (C=O) groups is 4. The van der Waals surface area contributed by atoms with Crippen LogP contribution >= 0.6 is 0 Å². The fourth-order valence-electron chi connectivity index (χ4n) is 2.81. The molecular formula is C22H19N3O4. The number of aryl methyl sites for hydroxylation is 2. The number of pyridine rings is 1. The van der Waals surface area contributed by atoms with Gasteiger partial charge in [-0.15, -0.1) is 0 Å². The molecule has 0 atom stereocenters.